The first kappa shape index (κ1) is 13.4. The van der Waals surface area contributed by atoms with Crippen molar-refractivity contribution in [3.63, 3.8) is 0 Å². The fraction of sp³-hybridized carbons (Fsp3) is 0.143. The lowest BCUT2D eigenvalue weighted by Crippen LogP contribution is -2.13. The third-order valence-electron chi connectivity index (χ3n) is 2.57. The molecule has 0 saturated heterocycles. The maximum Gasteiger partial charge on any atom is 0.230 e. The number of para-hydroxylation sites is 1. The number of aryl methyl sites for hydroxylation is 1. The van der Waals surface area contributed by atoms with Crippen molar-refractivity contribution < 1.29 is 4.74 Å². The Bertz CT molecular complexity index is 613. The number of amidine groups is 1. The van der Waals surface area contributed by atoms with E-state index in [4.69, 9.17) is 15.9 Å². The zero-order valence-corrected chi connectivity index (χ0v) is 11.6. The average Bonchev–Trinajstić information content (AvgIpc) is 2.39. The molecule has 5 heteroatoms. The number of pyridine rings is 1. The minimum absolute atomic E-state index is 0.0517. The van der Waals surface area contributed by atoms with Crippen molar-refractivity contribution in [1.82, 2.24) is 4.98 Å². The molecule has 2 rings (SSSR count). The molecular formula is C14H15N3OS. The van der Waals surface area contributed by atoms with Crippen molar-refractivity contribution >= 4 is 17.6 Å². The summed E-state index contributed by atoms with van der Waals surface area (Å²) in [6.45, 7) is 1.87. The molecule has 0 amide bonds. The number of hydrogen-bond acceptors (Lipinski definition) is 4. The Labute approximate surface area is 116 Å². The van der Waals surface area contributed by atoms with Gasteiger partial charge in [-0.15, -0.1) is 11.8 Å². The van der Waals surface area contributed by atoms with Gasteiger partial charge in [0.1, 0.15) is 11.6 Å². The number of nitrogens with two attached hydrogens (primary N) is 1. The standard InChI is InChI=1S/C14H15N3OS/c1-9-7-8-10(13(15)16)14(17-9)18-11-5-3-4-6-12(11)19-2/h3-8H,1-2H3,(H3,15,16). The van der Waals surface area contributed by atoms with Crippen LogP contribution in [-0.2, 0) is 0 Å². The molecule has 0 aliphatic rings. The summed E-state index contributed by atoms with van der Waals surface area (Å²) in [6, 6.07) is 11.3. The summed E-state index contributed by atoms with van der Waals surface area (Å²) in [6.07, 6.45) is 1.98. The van der Waals surface area contributed by atoms with Crippen LogP contribution in [-0.4, -0.2) is 17.1 Å². The maximum absolute atomic E-state index is 7.56. The monoisotopic (exact) mass is 273 g/mol. The number of hydrogen-bond donors (Lipinski definition) is 2. The topological polar surface area (TPSA) is 72.0 Å². The number of nitrogens with one attached hydrogen (secondary N) is 1. The van der Waals surface area contributed by atoms with Gasteiger partial charge in [-0.3, -0.25) is 5.41 Å². The van der Waals surface area contributed by atoms with E-state index in [-0.39, 0.29) is 5.84 Å². The molecule has 0 aliphatic carbocycles. The summed E-state index contributed by atoms with van der Waals surface area (Å²) in [5.74, 6) is 1.04. The number of nitrogens with zero attached hydrogens (tertiary/aromatic N) is 1. The van der Waals surface area contributed by atoms with Gasteiger partial charge in [-0.25, -0.2) is 4.98 Å². The molecule has 2 aromatic rings. The second-order valence-electron chi connectivity index (χ2n) is 3.97. The van der Waals surface area contributed by atoms with Crippen molar-refractivity contribution in [2.75, 3.05) is 6.26 Å². The van der Waals surface area contributed by atoms with Gasteiger partial charge in [0.25, 0.3) is 0 Å². The van der Waals surface area contributed by atoms with Crippen LogP contribution in [0.4, 0.5) is 0 Å². The predicted molar refractivity (Wildman–Crippen MR) is 78.3 cm³/mol. The second kappa shape index (κ2) is 5.75. The highest BCUT2D eigenvalue weighted by Crippen LogP contribution is 2.31. The summed E-state index contributed by atoms with van der Waals surface area (Å²) < 4.78 is 5.82. The van der Waals surface area contributed by atoms with Gasteiger partial charge in [-0.2, -0.15) is 0 Å². The largest absolute Gasteiger partial charge is 0.437 e. The van der Waals surface area contributed by atoms with Crippen LogP contribution in [0.3, 0.4) is 0 Å². The molecule has 0 bridgehead atoms. The molecule has 1 heterocycles. The average molecular weight is 273 g/mol. The third-order valence-corrected chi connectivity index (χ3v) is 3.34. The normalized spacial score (nSPS) is 10.2. The van der Waals surface area contributed by atoms with Gasteiger partial charge in [0.05, 0.1) is 5.56 Å². The Hall–Kier alpha value is -2.01. The quantitative estimate of drug-likeness (QED) is 0.510. The van der Waals surface area contributed by atoms with E-state index in [2.05, 4.69) is 4.98 Å². The zero-order valence-electron chi connectivity index (χ0n) is 10.8. The highest BCUT2D eigenvalue weighted by atomic mass is 32.2. The third kappa shape index (κ3) is 3.06. The van der Waals surface area contributed by atoms with Gasteiger partial charge < -0.3 is 10.5 Å². The SMILES string of the molecule is CSc1ccccc1Oc1nc(C)ccc1C(=N)N. The first-order chi connectivity index (χ1) is 9.11. The fourth-order valence-electron chi connectivity index (χ4n) is 1.62. The van der Waals surface area contributed by atoms with E-state index < -0.39 is 0 Å². The van der Waals surface area contributed by atoms with Crippen LogP contribution >= 0.6 is 11.8 Å². The molecule has 3 N–H and O–H groups in total. The van der Waals surface area contributed by atoms with E-state index in [0.29, 0.717) is 11.4 Å². The summed E-state index contributed by atoms with van der Waals surface area (Å²) in [5, 5.41) is 7.56. The molecule has 0 aliphatic heterocycles. The number of aromatic nitrogens is 1. The van der Waals surface area contributed by atoms with E-state index >= 15 is 0 Å². The summed E-state index contributed by atoms with van der Waals surface area (Å²) >= 11 is 1.60. The number of ether oxygens (including phenoxy) is 1. The fourth-order valence-corrected chi connectivity index (χ4v) is 2.15. The van der Waals surface area contributed by atoms with E-state index in [1.807, 2.05) is 43.5 Å². The predicted octanol–water partition coefficient (Wildman–Crippen LogP) is 3.19. The van der Waals surface area contributed by atoms with Crippen LogP contribution in [0.1, 0.15) is 11.3 Å². The maximum atomic E-state index is 7.56. The number of rotatable bonds is 4. The van der Waals surface area contributed by atoms with Crippen LogP contribution in [0.2, 0.25) is 0 Å². The lowest BCUT2D eigenvalue weighted by atomic mass is 10.2. The number of benzene rings is 1. The molecule has 1 aromatic carbocycles. The van der Waals surface area contributed by atoms with Crippen molar-refractivity contribution in [3.05, 3.63) is 47.7 Å². The minimum Gasteiger partial charge on any atom is -0.437 e. The Kier molecular flexibility index (Phi) is 4.06. The molecule has 0 atom stereocenters. The van der Waals surface area contributed by atoms with Crippen LogP contribution < -0.4 is 10.5 Å². The zero-order chi connectivity index (χ0) is 13.8. The van der Waals surface area contributed by atoms with Crippen LogP contribution in [0.15, 0.2) is 41.3 Å². The Morgan fingerprint density at radius 2 is 2.00 bits per heavy atom. The lowest BCUT2D eigenvalue weighted by molar-refractivity contribution is 0.450. The van der Waals surface area contributed by atoms with Gasteiger partial charge in [0, 0.05) is 10.6 Å². The van der Waals surface area contributed by atoms with Crippen molar-refractivity contribution in [2.45, 2.75) is 11.8 Å². The van der Waals surface area contributed by atoms with Crippen LogP contribution in [0.5, 0.6) is 11.6 Å². The first-order valence-electron chi connectivity index (χ1n) is 5.74. The Balaban J connectivity index is 2.42. The minimum atomic E-state index is -0.0517. The van der Waals surface area contributed by atoms with Gasteiger partial charge in [-0.05, 0) is 37.4 Å². The molecule has 19 heavy (non-hydrogen) atoms. The Morgan fingerprint density at radius 1 is 1.26 bits per heavy atom. The summed E-state index contributed by atoms with van der Waals surface area (Å²) in [7, 11) is 0. The van der Waals surface area contributed by atoms with E-state index in [1.54, 1.807) is 17.8 Å². The first-order valence-corrected chi connectivity index (χ1v) is 6.97. The summed E-state index contributed by atoms with van der Waals surface area (Å²) in [4.78, 5) is 5.33. The smallest absolute Gasteiger partial charge is 0.230 e. The van der Waals surface area contributed by atoms with Crippen LogP contribution in [0, 0.1) is 12.3 Å². The van der Waals surface area contributed by atoms with Crippen molar-refractivity contribution in [2.24, 2.45) is 5.73 Å². The highest BCUT2D eigenvalue weighted by Gasteiger charge is 2.11. The van der Waals surface area contributed by atoms with Gasteiger partial charge in [-0.1, -0.05) is 12.1 Å². The van der Waals surface area contributed by atoms with E-state index in [9.17, 15) is 0 Å². The molecule has 0 unspecified atom stereocenters. The molecule has 4 nitrogen and oxygen atoms in total. The number of nitrogen functional groups attached to an aromatic ring is 1. The molecule has 0 spiro atoms. The molecule has 0 saturated carbocycles. The highest BCUT2D eigenvalue weighted by molar-refractivity contribution is 7.98. The Morgan fingerprint density at radius 3 is 2.68 bits per heavy atom. The molecular weight excluding hydrogens is 258 g/mol. The summed E-state index contributed by atoms with van der Waals surface area (Å²) in [5.41, 5.74) is 6.87. The van der Waals surface area contributed by atoms with Crippen molar-refractivity contribution in [1.29, 1.82) is 5.41 Å². The molecule has 98 valence electrons. The van der Waals surface area contributed by atoms with Gasteiger partial charge >= 0.3 is 0 Å². The van der Waals surface area contributed by atoms with Gasteiger partial charge in [0.2, 0.25) is 5.88 Å². The van der Waals surface area contributed by atoms with E-state index in [0.717, 1.165) is 16.3 Å². The molecule has 1 aromatic heterocycles. The van der Waals surface area contributed by atoms with Crippen molar-refractivity contribution in [3.8, 4) is 11.6 Å². The number of thioether (sulfide) groups is 1. The molecule has 0 fully saturated rings. The lowest BCUT2D eigenvalue weighted by Gasteiger charge is -2.12. The van der Waals surface area contributed by atoms with Gasteiger partial charge in [0.15, 0.2) is 0 Å². The van der Waals surface area contributed by atoms with E-state index in [1.165, 1.54) is 0 Å². The second-order valence-corrected chi connectivity index (χ2v) is 4.82. The van der Waals surface area contributed by atoms with Crippen LogP contribution in [0.25, 0.3) is 0 Å². The molecule has 0 radical (unpaired) electrons.